The third-order valence-electron chi connectivity index (χ3n) is 2.03. The zero-order valence-corrected chi connectivity index (χ0v) is 12.0. The van der Waals surface area contributed by atoms with E-state index < -0.39 is 0 Å². The Labute approximate surface area is 105 Å². The van der Waals surface area contributed by atoms with Crippen LogP contribution >= 0.6 is 22.6 Å². The summed E-state index contributed by atoms with van der Waals surface area (Å²) >= 11 is 2.31. The van der Waals surface area contributed by atoms with E-state index in [-0.39, 0.29) is 0 Å². The highest BCUT2D eigenvalue weighted by molar-refractivity contribution is 14.1. The fraction of sp³-hybridized carbons (Fsp3) is 0.727. The van der Waals surface area contributed by atoms with Crippen molar-refractivity contribution in [3.05, 3.63) is 15.5 Å². The lowest BCUT2D eigenvalue weighted by Crippen LogP contribution is -2.11. The molecule has 0 aromatic carbocycles. The van der Waals surface area contributed by atoms with Gasteiger partial charge in [-0.15, -0.1) is 0 Å². The van der Waals surface area contributed by atoms with Crippen LogP contribution in [0.2, 0.25) is 0 Å². The fourth-order valence-electron chi connectivity index (χ4n) is 1.34. The molecule has 0 spiro atoms. The van der Waals surface area contributed by atoms with Crippen molar-refractivity contribution in [1.82, 2.24) is 9.78 Å². The van der Waals surface area contributed by atoms with Crippen LogP contribution in [0.15, 0.2) is 6.20 Å². The van der Waals surface area contributed by atoms with Crippen LogP contribution in [0.4, 0.5) is 0 Å². The van der Waals surface area contributed by atoms with Crippen molar-refractivity contribution in [3.63, 3.8) is 0 Å². The minimum Gasteiger partial charge on any atom is -0.375 e. The third kappa shape index (κ3) is 3.75. The van der Waals surface area contributed by atoms with Crippen molar-refractivity contribution in [3.8, 4) is 0 Å². The summed E-state index contributed by atoms with van der Waals surface area (Å²) in [5.41, 5.74) is 1.19. The minimum absolute atomic E-state index is 0.395. The van der Waals surface area contributed by atoms with Gasteiger partial charge in [-0.3, -0.25) is 4.68 Å². The summed E-state index contributed by atoms with van der Waals surface area (Å²) in [5.74, 6) is 0.582. The van der Waals surface area contributed by atoms with Crippen LogP contribution < -0.4 is 0 Å². The maximum absolute atomic E-state index is 5.65. The average Bonchev–Trinajstić information content (AvgIpc) is 2.47. The average molecular weight is 322 g/mol. The number of hydrogen-bond acceptors (Lipinski definition) is 2. The molecule has 1 heterocycles. The first-order valence-corrected chi connectivity index (χ1v) is 6.39. The maximum atomic E-state index is 5.65. The zero-order chi connectivity index (χ0) is 11.4. The second-order valence-electron chi connectivity index (χ2n) is 4.39. The van der Waals surface area contributed by atoms with Crippen LogP contribution in [0, 0.1) is 9.49 Å². The first kappa shape index (κ1) is 13.0. The third-order valence-corrected chi connectivity index (χ3v) is 2.93. The van der Waals surface area contributed by atoms with E-state index in [1.165, 1.54) is 9.26 Å². The maximum Gasteiger partial charge on any atom is 0.0895 e. The van der Waals surface area contributed by atoms with Gasteiger partial charge in [0.25, 0.3) is 0 Å². The molecule has 0 aliphatic heterocycles. The van der Waals surface area contributed by atoms with Crippen molar-refractivity contribution in [2.24, 2.45) is 5.92 Å². The van der Waals surface area contributed by atoms with Gasteiger partial charge in [-0.25, -0.2) is 0 Å². The molecule has 0 aliphatic carbocycles. The van der Waals surface area contributed by atoms with Gasteiger partial charge in [0.2, 0.25) is 0 Å². The molecule has 0 saturated carbocycles. The number of halogens is 1. The van der Waals surface area contributed by atoms with Crippen molar-refractivity contribution in [2.45, 2.75) is 40.3 Å². The molecule has 0 amide bonds. The Balaban J connectivity index is 2.62. The number of nitrogens with zero attached hydrogens (tertiary/aromatic N) is 2. The van der Waals surface area contributed by atoms with Crippen LogP contribution in [0.3, 0.4) is 0 Å². The van der Waals surface area contributed by atoms with E-state index in [0.717, 1.165) is 6.61 Å². The summed E-state index contributed by atoms with van der Waals surface area (Å²) in [6.07, 6.45) is 1.90. The Morgan fingerprint density at radius 3 is 2.60 bits per heavy atom. The first-order chi connectivity index (χ1) is 7.02. The molecule has 0 saturated heterocycles. The Bertz CT molecular complexity index is 308. The van der Waals surface area contributed by atoms with Crippen molar-refractivity contribution in [1.29, 1.82) is 0 Å². The van der Waals surface area contributed by atoms with Gasteiger partial charge in [-0.1, -0.05) is 13.8 Å². The first-order valence-electron chi connectivity index (χ1n) is 5.32. The summed E-state index contributed by atoms with van der Waals surface area (Å²) in [4.78, 5) is 0. The lowest BCUT2D eigenvalue weighted by molar-refractivity contribution is 0.0908. The van der Waals surface area contributed by atoms with Gasteiger partial charge in [0.1, 0.15) is 0 Å². The van der Waals surface area contributed by atoms with Crippen LogP contribution in [-0.2, 0) is 11.3 Å². The number of hydrogen-bond donors (Lipinski definition) is 0. The smallest absolute Gasteiger partial charge is 0.0895 e. The molecule has 86 valence electrons. The molecule has 3 nitrogen and oxygen atoms in total. The SMILES string of the molecule is CC(C)COCc1c(I)cnn1C(C)C. The van der Waals surface area contributed by atoms with Gasteiger partial charge in [0, 0.05) is 12.6 Å². The Hall–Kier alpha value is -0.100. The summed E-state index contributed by atoms with van der Waals surface area (Å²) in [7, 11) is 0. The van der Waals surface area contributed by atoms with Crippen molar-refractivity contribution >= 4 is 22.6 Å². The highest BCUT2D eigenvalue weighted by atomic mass is 127. The van der Waals surface area contributed by atoms with E-state index >= 15 is 0 Å². The zero-order valence-electron chi connectivity index (χ0n) is 9.83. The van der Waals surface area contributed by atoms with Crippen molar-refractivity contribution in [2.75, 3.05) is 6.61 Å². The molecule has 1 rings (SSSR count). The predicted molar refractivity (Wildman–Crippen MR) is 69.8 cm³/mol. The standard InChI is InChI=1S/C11H19IN2O/c1-8(2)6-15-7-11-10(12)5-13-14(11)9(3)4/h5,8-9H,6-7H2,1-4H3. The molecule has 0 aliphatic rings. The summed E-state index contributed by atoms with van der Waals surface area (Å²) in [6, 6.07) is 0.395. The Kier molecular flexibility index (Phi) is 5.05. The molecule has 0 unspecified atom stereocenters. The van der Waals surface area contributed by atoms with E-state index in [9.17, 15) is 0 Å². The molecular formula is C11H19IN2O. The second-order valence-corrected chi connectivity index (χ2v) is 5.55. The largest absolute Gasteiger partial charge is 0.375 e. The Morgan fingerprint density at radius 2 is 2.07 bits per heavy atom. The summed E-state index contributed by atoms with van der Waals surface area (Å²) in [6.45, 7) is 10.0. The van der Waals surface area contributed by atoms with Crippen molar-refractivity contribution < 1.29 is 4.74 Å². The van der Waals surface area contributed by atoms with E-state index in [0.29, 0.717) is 18.6 Å². The van der Waals surface area contributed by atoms with Crippen LogP contribution in [0.5, 0.6) is 0 Å². The van der Waals surface area contributed by atoms with Gasteiger partial charge in [-0.05, 0) is 42.4 Å². The molecule has 1 aromatic heterocycles. The predicted octanol–water partition coefficient (Wildman–Crippen LogP) is 3.24. The highest BCUT2D eigenvalue weighted by Crippen LogP contribution is 2.17. The van der Waals surface area contributed by atoms with Crippen LogP contribution in [-0.4, -0.2) is 16.4 Å². The molecule has 4 heteroatoms. The lowest BCUT2D eigenvalue weighted by Gasteiger charge is -2.12. The quantitative estimate of drug-likeness (QED) is 0.778. The number of aromatic nitrogens is 2. The molecular weight excluding hydrogens is 303 g/mol. The van der Waals surface area contributed by atoms with Gasteiger partial charge < -0.3 is 4.74 Å². The van der Waals surface area contributed by atoms with Crippen LogP contribution in [0.1, 0.15) is 39.4 Å². The van der Waals surface area contributed by atoms with E-state index in [2.05, 4.69) is 55.4 Å². The summed E-state index contributed by atoms with van der Waals surface area (Å²) < 4.78 is 8.86. The molecule has 0 N–H and O–H groups in total. The minimum atomic E-state index is 0.395. The topological polar surface area (TPSA) is 27.1 Å². The second kappa shape index (κ2) is 5.84. The Morgan fingerprint density at radius 1 is 1.40 bits per heavy atom. The monoisotopic (exact) mass is 322 g/mol. The number of rotatable bonds is 5. The van der Waals surface area contributed by atoms with Crippen LogP contribution in [0.25, 0.3) is 0 Å². The van der Waals surface area contributed by atoms with Gasteiger partial charge in [0.15, 0.2) is 0 Å². The summed E-state index contributed by atoms with van der Waals surface area (Å²) in [5, 5.41) is 4.34. The molecule has 0 radical (unpaired) electrons. The van der Waals surface area contributed by atoms with E-state index in [4.69, 9.17) is 4.74 Å². The lowest BCUT2D eigenvalue weighted by atomic mass is 10.2. The molecule has 15 heavy (non-hydrogen) atoms. The van der Waals surface area contributed by atoms with Gasteiger partial charge in [0.05, 0.1) is 22.1 Å². The van der Waals surface area contributed by atoms with E-state index in [1.54, 1.807) is 0 Å². The number of ether oxygens (including phenoxy) is 1. The highest BCUT2D eigenvalue weighted by Gasteiger charge is 2.11. The van der Waals surface area contributed by atoms with Gasteiger partial charge in [-0.2, -0.15) is 5.10 Å². The molecule has 0 fully saturated rings. The molecule has 0 bridgehead atoms. The fourth-order valence-corrected chi connectivity index (χ4v) is 1.87. The van der Waals surface area contributed by atoms with E-state index in [1.807, 2.05) is 10.9 Å². The van der Waals surface area contributed by atoms with Gasteiger partial charge >= 0.3 is 0 Å². The molecule has 0 atom stereocenters. The normalized spacial score (nSPS) is 11.7. The molecule has 1 aromatic rings.